The summed E-state index contributed by atoms with van der Waals surface area (Å²) in [5.41, 5.74) is 9.20. The Morgan fingerprint density at radius 3 is 2.45 bits per heavy atom. The normalized spacial score (nSPS) is 13.6. The first-order valence-corrected chi connectivity index (χ1v) is 10.3. The molecule has 2 aromatic carbocycles. The van der Waals surface area contributed by atoms with Crippen LogP contribution in [0.3, 0.4) is 0 Å². The van der Waals surface area contributed by atoms with E-state index in [1.54, 1.807) is 0 Å². The van der Waals surface area contributed by atoms with Gasteiger partial charge in [-0.05, 0) is 30.8 Å². The van der Waals surface area contributed by atoms with Gasteiger partial charge in [0.1, 0.15) is 0 Å². The summed E-state index contributed by atoms with van der Waals surface area (Å²) in [6, 6.07) is 17.3. The summed E-state index contributed by atoms with van der Waals surface area (Å²) in [5.74, 6) is 0.0738. The third-order valence-electron chi connectivity index (χ3n) is 5.56. The van der Waals surface area contributed by atoms with E-state index in [4.69, 9.17) is 5.73 Å². The highest BCUT2D eigenvalue weighted by Gasteiger charge is 2.24. The summed E-state index contributed by atoms with van der Waals surface area (Å²) >= 11 is 0. The Hall–Kier alpha value is -2.70. The second-order valence-corrected chi connectivity index (χ2v) is 7.32. The number of nitrogens with one attached hydrogen (secondary N) is 1. The first-order chi connectivity index (χ1) is 14.0. The summed E-state index contributed by atoms with van der Waals surface area (Å²) in [6.07, 6.45) is 0. The van der Waals surface area contributed by atoms with Crippen molar-refractivity contribution in [2.24, 2.45) is 11.7 Å². The highest BCUT2D eigenvalue weighted by molar-refractivity contribution is 5.93. The quantitative estimate of drug-likeness (QED) is 0.582. The van der Waals surface area contributed by atoms with Crippen molar-refractivity contribution >= 4 is 22.9 Å². The maximum absolute atomic E-state index is 13.0. The molecule has 2 unspecified atom stereocenters. The van der Waals surface area contributed by atoms with Crippen molar-refractivity contribution in [1.82, 2.24) is 14.5 Å². The summed E-state index contributed by atoms with van der Waals surface area (Å²) in [7, 11) is 0. The topological polar surface area (TPSA) is 76.2 Å². The number of nitrogens with zero attached hydrogens (tertiary/aromatic N) is 3. The van der Waals surface area contributed by atoms with E-state index in [1.165, 1.54) is 0 Å². The van der Waals surface area contributed by atoms with Crippen LogP contribution in [0.4, 0.5) is 5.95 Å². The minimum Gasteiger partial charge on any atom is -0.323 e. The number of aromatic nitrogens is 2. The molecule has 0 bridgehead atoms. The van der Waals surface area contributed by atoms with Gasteiger partial charge in [-0.1, -0.05) is 63.2 Å². The first kappa shape index (κ1) is 21.0. The number of rotatable bonds is 9. The molecule has 3 rings (SSSR count). The molecule has 0 spiro atoms. The zero-order chi connectivity index (χ0) is 20.8. The molecule has 2 atom stereocenters. The van der Waals surface area contributed by atoms with Gasteiger partial charge in [0.05, 0.1) is 17.0 Å². The number of hydrogen-bond donors (Lipinski definition) is 2. The number of carbonyl (C=O) groups is 1. The van der Waals surface area contributed by atoms with Crippen molar-refractivity contribution < 1.29 is 4.79 Å². The second kappa shape index (κ2) is 9.67. The largest absolute Gasteiger partial charge is 0.323 e. The average molecular weight is 394 g/mol. The molecule has 3 N–H and O–H groups in total. The Balaban J connectivity index is 1.81. The summed E-state index contributed by atoms with van der Waals surface area (Å²) in [4.78, 5) is 20.0. The van der Waals surface area contributed by atoms with Crippen molar-refractivity contribution in [1.29, 1.82) is 0 Å². The molecule has 154 valence electrons. The number of fused-ring (bicyclic) bond motifs is 1. The van der Waals surface area contributed by atoms with E-state index in [1.807, 2.05) is 61.5 Å². The molecule has 6 heteroatoms. The zero-order valence-corrected chi connectivity index (χ0v) is 17.5. The number of anilines is 1. The van der Waals surface area contributed by atoms with E-state index in [9.17, 15) is 4.79 Å². The van der Waals surface area contributed by atoms with Crippen LogP contribution in [0.5, 0.6) is 0 Å². The third kappa shape index (κ3) is 4.83. The van der Waals surface area contributed by atoms with Crippen LogP contribution in [0.25, 0.3) is 11.0 Å². The zero-order valence-electron chi connectivity index (χ0n) is 17.5. The summed E-state index contributed by atoms with van der Waals surface area (Å²) in [5, 5.41) is 3.02. The summed E-state index contributed by atoms with van der Waals surface area (Å²) < 4.78 is 2.09. The van der Waals surface area contributed by atoms with E-state index in [2.05, 4.69) is 33.6 Å². The molecule has 0 radical (unpaired) electrons. The fraction of sp³-hybridized carbons (Fsp3) is 0.391. The molecule has 1 heterocycles. The smallest absolute Gasteiger partial charge is 0.231 e. The predicted octanol–water partition coefficient (Wildman–Crippen LogP) is 3.65. The Bertz CT molecular complexity index is 933. The van der Waals surface area contributed by atoms with Crippen LogP contribution in [-0.4, -0.2) is 40.0 Å². The Labute approximate surface area is 172 Å². The maximum atomic E-state index is 13.0. The van der Waals surface area contributed by atoms with Gasteiger partial charge in [-0.3, -0.25) is 10.1 Å². The van der Waals surface area contributed by atoms with Crippen LogP contribution in [-0.2, 0) is 11.3 Å². The molecule has 0 fully saturated rings. The van der Waals surface area contributed by atoms with Crippen LogP contribution in [0, 0.1) is 5.92 Å². The molecule has 0 saturated heterocycles. The molecule has 0 aliphatic carbocycles. The molecule has 3 aromatic rings. The number of amides is 1. The lowest BCUT2D eigenvalue weighted by Crippen LogP contribution is -2.32. The molecule has 1 amide bonds. The number of likely N-dealkylation sites (N-methyl/N-ethyl adjacent to an activating group) is 1. The molecule has 29 heavy (non-hydrogen) atoms. The maximum Gasteiger partial charge on any atom is 0.231 e. The predicted molar refractivity (Wildman–Crippen MR) is 119 cm³/mol. The van der Waals surface area contributed by atoms with Gasteiger partial charge in [-0.25, -0.2) is 4.98 Å². The number of hydrogen-bond acceptors (Lipinski definition) is 4. The van der Waals surface area contributed by atoms with E-state index in [0.717, 1.165) is 42.8 Å². The van der Waals surface area contributed by atoms with Crippen molar-refractivity contribution in [2.75, 3.05) is 25.0 Å². The standard InChI is InChI=1S/C23H31N5O/c1-4-27(5-2)15-16-28-20-14-10-9-13-19(20)25-23(28)26-22(29)17(3)21(24)18-11-7-6-8-12-18/h6-14,17,21H,4-5,15-16,24H2,1-3H3,(H,25,26,29). The first-order valence-electron chi connectivity index (χ1n) is 10.3. The number of benzene rings is 2. The number of para-hydroxylation sites is 2. The molecule has 0 aliphatic heterocycles. The van der Waals surface area contributed by atoms with E-state index in [-0.39, 0.29) is 17.9 Å². The Kier molecular flexibility index (Phi) is 7.01. The summed E-state index contributed by atoms with van der Waals surface area (Å²) in [6.45, 7) is 9.82. The van der Waals surface area contributed by atoms with Gasteiger partial charge < -0.3 is 15.2 Å². The highest BCUT2D eigenvalue weighted by Crippen LogP contribution is 2.23. The second-order valence-electron chi connectivity index (χ2n) is 7.32. The van der Waals surface area contributed by atoms with Crippen LogP contribution in [0.1, 0.15) is 32.4 Å². The molecular formula is C23H31N5O. The van der Waals surface area contributed by atoms with E-state index in [0.29, 0.717) is 5.95 Å². The van der Waals surface area contributed by atoms with Crippen LogP contribution in [0.2, 0.25) is 0 Å². The van der Waals surface area contributed by atoms with Crippen LogP contribution in [0.15, 0.2) is 54.6 Å². The van der Waals surface area contributed by atoms with Crippen molar-refractivity contribution in [3.8, 4) is 0 Å². The number of imidazole rings is 1. The van der Waals surface area contributed by atoms with E-state index >= 15 is 0 Å². The lowest BCUT2D eigenvalue weighted by Gasteiger charge is -2.21. The fourth-order valence-corrected chi connectivity index (χ4v) is 3.53. The average Bonchev–Trinajstić information content (AvgIpc) is 3.11. The van der Waals surface area contributed by atoms with Gasteiger partial charge in [-0.2, -0.15) is 0 Å². The van der Waals surface area contributed by atoms with Gasteiger partial charge in [0.15, 0.2) is 0 Å². The van der Waals surface area contributed by atoms with Crippen molar-refractivity contribution in [3.63, 3.8) is 0 Å². The Morgan fingerprint density at radius 2 is 1.76 bits per heavy atom. The highest BCUT2D eigenvalue weighted by atomic mass is 16.2. The Morgan fingerprint density at radius 1 is 1.10 bits per heavy atom. The van der Waals surface area contributed by atoms with Gasteiger partial charge in [0, 0.05) is 19.1 Å². The van der Waals surface area contributed by atoms with E-state index < -0.39 is 0 Å². The molecule has 0 saturated carbocycles. The lowest BCUT2D eigenvalue weighted by molar-refractivity contribution is -0.120. The van der Waals surface area contributed by atoms with Crippen molar-refractivity contribution in [2.45, 2.75) is 33.4 Å². The molecular weight excluding hydrogens is 362 g/mol. The molecule has 0 aliphatic rings. The monoisotopic (exact) mass is 393 g/mol. The molecule has 6 nitrogen and oxygen atoms in total. The minimum absolute atomic E-state index is 0.124. The fourth-order valence-electron chi connectivity index (χ4n) is 3.53. The van der Waals surface area contributed by atoms with Gasteiger partial charge >= 0.3 is 0 Å². The van der Waals surface area contributed by atoms with Gasteiger partial charge in [-0.15, -0.1) is 0 Å². The molecule has 1 aromatic heterocycles. The van der Waals surface area contributed by atoms with Crippen molar-refractivity contribution in [3.05, 3.63) is 60.2 Å². The van der Waals surface area contributed by atoms with Crippen LogP contribution < -0.4 is 11.1 Å². The van der Waals surface area contributed by atoms with Gasteiger partial charge in [0.2, 0.25) is 11.9 Å². The van der Waals surface area contributed by atoms with Gasteiger partial charge in [0.25, 0.3) is 0 Å². The SMILES string of the molecule is CCN(CC)CCn1c(NC(=O)C(C)C(N)c2ccccc2)nc2ccccc21. The lowest BCUT2D eigenvalue weighted by atomic mass is 9.95. The number of carbonyl (C=O) groups excluding carboxylic acids is 1. The minimum atomic E-state index is -0.381. The van der Waals surface area contributed by atoms with Crippen LogP contribution >= 0.6 is 0 Å². The third-order valence-corrected chi connectivity index (χ3v) is 5.56. The number of nitrogens with two attached hydrogens (primary N) is 1.